The van der Waals surface area contributed by atoms with Gasteiger partial charge in [0.05, 0.1) is 23.6 Å². The Bertz CT molecular complexity index is 923. The van der Waals surface area contributed by atoms with Crippen molar-refractivity contribution in [1.29, 1.82) is 0 Å². The first-order valence-corrected chi connectivity index (χ1v) is 8.98. The molecule has 0 saturated carbocycles. The minimum absolute atomic E-state index is 0.103. The third-order valence-corrected chi connectivity index (χ3v) is 4.83. The summed E-state index contributed by atoms with van der Waals surface area (Å²) in [5, 5.41) is 7.65. The summed E-state index contributed by atoms with van der Waals surface area (Å²) >= 11 is 0. The summed E-state index contributed by atoms with van der Waals surface area (Å²) in [6.45, 7) is 8.82. The van der Waals surface area contributed by atoms with Crippen molar-refractivity contribution in [3.63, 3.8) is 0 Å². The lowest BCUT2D eigenvalue weighted by Gasteiger charge is -2.09. The van der Waals surface area contributed by atoms with E-state index in [1.165, 1.54) is 16.7 Å². The molecule has 4 heteroatoms. The van der Waals surface area contributed by atoms with Gasteiger partial charge in [-0.05, 0) is 56.0 Å². The SMILES string of the molecule is CCc1ccc(C(=O)Nc2c(C)nn(Cc3ccccc3C)c2C)cc1. The van der Waals surface area contributed by atoms with Gasteiger partial charge in [-0.3, -0.25) is 9.48 Å². The van der Waals surface area contributed by atoms with Crippen molar-refractivity contribution in [1.82, 2.24) is 9.78 Å². The summed E-state index contributed by atoms with van der Waals surface area (Å²) in [4.78, 5) is 12.6. The van der Waals surface area contributed by atoms with Crippen LogP contribution in [0.15, 0.2) is 48.5 Å². The molecular weight excluding hydrogens is 322 g/mol. The van der Waals surface area contributed by atoms with E-state index in [0.717, 1.165) is 23.5 Å². The largest absolute Gasteiger partial charge is 0.319 e. The van der Waals surface area contributed by atoms with Crippen LogP contribution >= 0.6 is 0 Å². The molecule has 1 aromatic heterocycles. The number of hydrogen-bond donors (Lipinski definition) is 1. The molecule has 4 nitrogen and oxygen atoms in total. The summed E-state index contributed by atoms with van der Waals surface area (Å²) < 4.78 is 1.95. The second-order valence-corrected chi connectivity index (χ2v) is 6.63. The number of rotatable bonds is 5. The van der Waals surface area contributed by atoms with E-state index in [1.54, 1.807) is 0 Å². The summed E-state index contributed by atoms with van der Waals surface area (Å²) in [6.07, 6.45) is 0.964. The van der Waals surface area contributed by atoms with Crippen LogP contribution in [0.25, 0.3) is 0 Å². The normalized spacial score (nSPS) is 10.8. The van der Waals surface area contributed by atoms with Crippen LogP contribution < -0.4 is 5.32 Å². The molecule has 3 rings (SSSR count). The molecule has 0 spiro atoms. The predicted molar refractivity (Wildman–Crippen MR) is 106 cm³/mol. The predicted octanol–water partition coefficient (Wildman–Crippen LogP) is 4.67. The Morgan fingerprint density at radius 3 is 2.38 bits per heavy atom. The monoisotopic (exact) mass is 347 g/mol. The highest BCUT2D eigenvalue weighted by Gasteiger charge is 2.15. The van der Waals surface area contributed by atoms with Gasteiger partial charge in [0.15, 0.2) is 0 Å². The Kier molecular flexibility index (Phi) is 5.21. The Morgan fingerprint density at radius 1 is 1.04 bits per heavy atom. The Labute approximate surface area is 154 Å². The van der Waals surface area contributed by atoms with Crippen molar-refractivity contribution < 1.29 is 4.79 Å². The fourth-order valence-corrected chi connectivity index (χ4v) is 3.06. The van der Waals surface area contributed by atoms with E-state index in [9.17, 15) is 4.79 Å². The van der Waals surface area contributed by atoms with Gasteiger partial charge in [-0.15, -0.1) is 0 Å². The highest BCUT2D eigenvalue weighted by Crippen LogP contribution is 2.22. The van der Waals surface area contributed by atoms with Gasteiger partial charge in [0, 0.05) is 5.56 Å². The molecule has 0 bridgehead atoms. The minimum atomic E-state index is -0.103. The lowest BCUT2D eigenvalue weighted by atomic mass is 10.1. The number of hydrogen-bond acceptors (Lipinski definition) is 2. The van der Waals surface area contributed by atoms with E-state index in [0.29, 0.717) is 12.1 Å². The third-order valence-electron chi connectivity index (χ3n) is 4.83. The maximum Gasteiger partial charge on any atom is 0.255 e. The topological polar surface area (TPSA) is 46.9 Å². The Morgan fingerprint density at radius 2 is 1.73 bits per heavy atom. The van der Waals surface area contributed by atoms with Crippen LogP contribution in [-0.2, 0) is 13.0 Å². The van der Waals surface area contributed by atoms with Crippen LogP contribution in [0.3, 0.4) is 0 Å². The quantitative estimate of drug-likeness (QED) is 0.729. The summed E-state index contributed by atoms with van der Waals surface area (Å²) in [5.41, 5.74) is 6.93. The van der Waals surface area contributed by atoms with Crippen molar-refractivity contribution in [3.05, 3.63) is 82.2 Å². The average molecular weight is 347 g/mol. The van der Waals surface area contributed by atoms with Crippen molar-refractivity contribution >= 4 is 11.6 Å². The molecule has 3 aromatic rings. The van der Waals surface area contributed by atoms with Gasteiger partial charge in [-0.25, -0.2) is 0 Å². The molecule has 0 aliphatic carbocycles. The Balaban J connectivity index is 1.81. The number of carbonyl (C=O) groups excluding carboxylic acids is 1. The molecule has 0 saturated heterocycles. The molecule has 0 aliphatic heterocycles. The molecule has 0 atom stereocenters. The van der Waals surface area contributed by atoms with E-state index in [4.69, 9.17) is 0 Å². The molecule has 2 aromatic carbocycles. The van der Waals surface area contributed by atoms with Gasteiger partial charge in [0.25, 0.3) is 5.91 Å². The first-order valence-electron chi connectivity index (χ1n) is 8.98. The fraction of sp³-hybridized carbons (Fsp3) is 0.273. The van der Waals surface area contributed by atoms with Crippen molar-refractivity contribution in [2.75, 3.05) is 5.32 Å². The van der Waals surface area contributed by atoms with E-state index in [-0.39, 0.29) is 5.91 Å². The maximum absolute atomic E-state index is 12.6. The van der Waals surface area contributed by atoms with Crippen LogP contribution in [0.2, 0.25) is 0 Å². The third kappa shape index (κ3) is 3.69. The summed E-state index contributed by atoms with van der Waals surface area (Å²) in [7, 11) is 0. The van der Waals surface area contributed by atoms with Crippen LogP contribution in [-0.4, -0.2) is 15.7 Å². The number of nitrogens with one attached hydrogen (secondary N) is 1. The highest BCUT2D eigenvalue weighted by atomic mass is 16.1. The standard InChI is InChI=1S/C22H25N3O/c1-5-18-10-12-19(13-11-18)22(26)23-21-16(3)24-25(17(21)4)14-20-9-7-6-8-15(20)2/h6-13H,5,14H2,1-4H3,(H,23,26). The molecule has 0 fully saturated rings. The number of benzene rings is 2. The van der Waals surface area contributed by atoms with Crippen molar-refractivity contribution in [2.45, 2.75) is 40.7 Å². The molecule has 26 heavy (non-hydrogen) atoms. The smallest absolute Gasteiger partial charge is 0.255 e. The number of anilines is 1. The summed E-state index contributed by atoms with van der Waals surface area (Å²) in [6, 6.07) is 16.0. The molecule has 1 N–H and O–H groups in total. The zero-order valence-corrected chi connectivity index (χ0v) is 15.8. The number of amides is 1. The van der Waals surface area contributed by atoms with Gasteiger partial charge < -0.3 is 5.32 Å². The lowest BCUT2D eigenvalue weighted by Crippen LogP contribution is -2.13. The van der Waals surface area contributed by atoms with Crippen molar-refractivity contribution in [2.24, 2.45) is 0 Å². The maximum atomic E-state index is 12.6. The van der Waals surface area contributed by atoms with E-state index in [1.807, 2.05) is 54.9 Å². The minimum Gasteiger partial charge on any atom is -0.319 e. The average Bonchev–Trinajstić information content (AvgIpc) is 2.91. The second kappa shape index (κ2) is 7.56. The van der Waals surface area contributed by atoms with Crippen LogP contribution in [0.5, 0.6) is 0 Å². The molecule has 1 heterocycles. The molecule has 0 radical (unpaired) electrons. The Hall–Kier alpha value is -2.88. The van der Waals surface area contributed by atoms with Gasteiger partial charge in [0.2, 0.25) is 0 Å². The number of aromatic nitrogens is 2. The molecule has 134 valence electrons. The second-order valence-electron chi connectivity index (χ2n) is 6.63. The highest BCUT2D eigenvalue weighted by molar-refractivity contribution is 6.04. The number of carbonyl (C=O) groups is 1. The zero-order chi connectivity index (χ0) is 18.7. The number of nitrogens with zero attached hydrogens (tertiary/aromatic N) is 2. The lowest BCUT2D eigenvalue weighted by molar-refractivity contribution is 0.102. The molecule has 0 unspecified atom stereocenters. The van der Waals surface area contributed by atoms with Crippen LogP contribution in [0, 0.1) is 20.8 Å². The van der Waals surface area contributed by atoms with E-state index >= 15 is 0 Å². The van der Waals surface area contributed by atoms with E-state index < -0.39 is 0 Å². The van der Waals surface area contributed by atoms with Gasteiger partial charge in [0.1, 0.15) is 0 Å². The first kappa shape index (κ1) is 17.9. The van der Waals surface area contributed by atoms with Gasteiger partial charge in [-0.1, -0.05) is 43.3 Å². The van der Waals surface area contributed by atoms with Gasteiger partial charge >= 0.3 is 0 Å². The van der Waals surface area contributed by atoms with Crippen LogP contribution in [0.4, 0.5) is 5.69 Å². The van der Waals surface area contributed by atoms with Crippen LogP contribution in [0.1, 0.15) is 45.4 Å². The number of aryl methyl sites for hydroxylation is 3. The summed E-state index contributed by atoms with van der Waals surface area (Å²) in [5.74, 6) is -0.103. The zero-order valence-electron chi connectivity index (χ0n) is 15.8. The molecular formula is C22H25N3O. The fourth-order valence-electron chi connectivity index (χ4n) is 3.06. The molecule has 1 amide bonds. The molecule has 0 aliphatic rings. The van der Waals surface area contributed by atoms with Crippen molar-refractivity contribution in [3.8, 4) is 0 Å². The van der Waals surface area contributed by atoms with E-state index in [2.05, 4.69) is 36.4 Å². The van der Waals surface area contributed by atoms with Gasteiger partial charge in [-0.2, -0.15) is 5.10 Å². The first-order chi connectivity index (χ1) is 12.5.